The highest BCUT2D eigenvalue weighted by atomic mass is 79.9. The molecule has 0 saturated carbocycles. The van der Waals surface area contributed by atoms with Crippen molar-refractivity contribution in [2.24, 2.45) is 5.11 Å². The van der Waals surface area contributed by atoms with Gasteiger partial charge < -0.3 is 0 Å². The molecular weight excluding hydrogens is 316 g/mol. The van der Waals surface area contributed by atoms with E-state index >= 15 is 0 Å². The van der Waals surface area contributed by atoms with Gasteiger partial charge in [-0.3, -0.25) is 4.90 Å². The molecule has 2 heterocycles. The van der Waals surface area contributed by atoms with Gasteiger partial charge in [-0.05, 0) is 36.8 Å². The molecule has 0 spiro atoms. The normalized spacial score (nSPS) is 33.5. The smallest absolute Gasteiger partial charge is 0.0530 e. The molecule has 0 aromatic heterocycles. The Balaban J connectivity index is 1.83. The lowest BCUT2D eigenvalue weighted by Gasteiger charge is -2.51. The second-order valence-electron chi connectivity index (χ2n) is 5.74. The number of fused-ring (bicyclic) bond motifs is 2. The topological polar surface area (TPSA) is 52.0 Å². The van der Waals surface area contributed by atoms with E-state index in [-0.39, 0.29) is 6.04 Å². The Bertz CT molecular complexity index is 500. The number of piperidine rings is 2. The molecule has 4 atom stereocenters. The van der Waals surface area contributed by atoms with Crippen molar-refractivity contribution >= 4 is 15.9 Å². The van der Waals surface area contributed by atoms with Gasteiger partial charge in [-0.25, -0.2) is 0 Å². The molecule has 2 bridgehead atoms. The fraction of sp³-hybridized carbons (Fsp3) is 0.600. The van der Waals surface area contributed by atoms with E-state index in [4.69, 9.17) is 5.53 Å². The molecule has 2 aliphatic rings. The van der Waals surface area contributed by atoms with Crippen LogP contribution in [-0.2, 0) is 6.54 Å². The minimum absolute atomic E-state index is 0.139. The van der Waals surface area contributed by atoms with Crippen molar-refractivity contribution in [3.8, 4) is 0 Å². The summed E-state index contributed by atoms with van der Waals surface area (Å²) in [5, 5.41) is 4.04. The Hall–Kier alpha value is -1.03. The van der Waals surface area contributed by atoms with Crippen molar-refractivity contribution in [3.05, 3.63) is 46.3 Å². The van der Waals surface area contributed by atoms with Crippen LogP contribution in [0.25, 0.3) is 10.4 Å². The number of alkyl halides is 1. The van der Waals surface area contributed by atoms with Gasteiger partial charge in [-0.2, -0.15) is 0 Å². The molecule has 20 heavy (non-hydrogen) atoms. The number of hydrogen-bond donors (Lipinski definition) is 0. The van der Waals surface area contributed by atoms with Crippen molar-refractivity contribution in [1.29, 1.82) is 0 Å². The van der Waals surface area contributed by atoms with Crippen LogP contribution in [-0.4, -0.2) is 27.9 Å². The molecule has 0 amide bonds. The highest BCUT2D eigenvalue weighted by Gasteiger charge is 2.42. The molecule has 2 unspecified atom stereocenters. The quantitative estimate of drug-likeness (QED) is 0.352. The van der Waals surface area contributed by atoms with Gasteiger partial charge in [0.25, 0.3) is 0 Å². The second kappa shape index (κ2) is 6.17. The first-order valence-corrected chi connectivity index (χ1v) is 8.19. The van der Waals surface area contributed by atoms with Crippen LogP contribution in [0.3, 0.4) is 0 Å². The molecule has 2 saturated heterocycles. The van der Waals surface area contributed by atoms with Crippen LogP contribution < -0.4 is 0 Å². The van der Waals surface area contributed by atoms with Crippen LogP contribution in [0.2, 0.25) is 0 Å². The number of benzene rings is 1. The maximum absolute atomic E-state index is 8.77. The molecule has 0 aliphatic carbocycles. The van der Waals surface area contributed by atoms with Crippen LogP contribution in [0.4, 0.5) is 0 Å². The first kappa shape index (κ1) is 13.9. The van der Waals surface area contributed by atoms with Gasteiger partial charge in [-0.1, -0.05) is 51.4 Å². The van der Waals surface area contributed by atoms with Gasteiger partial charge in [0.2, 0.25) is 0 Å². The zero-order valence-corrected chi connectivity index (χ0v) is 13.0. The van der Waals surface area contributed by atoms with Gasteiger partial charge >= 0.3 is 0 Å². The number of halogens is 1. The number of nitrogens with zero attached hydrogens (tertiary/aromatic N) is 4. The summed E-state index contributed by atoms with van der Waals surface area (Å²) in [6.45, 7) is 0.954. The molecule has 1 aromatic rings. The fourth-order valence-electron chi connectivity index (χ4n) is 3.67. The SMILES string of the molecule is [N-]=[N+]=NC1CC[C@H]2C(Br)CC[C@@H]1N2Cc1ccccc1. The van der Waals surface area contributed by atoms with Crippen molar-refractivity contribution in [1.82, 2.24) is 4.90 Å². The molecule has 2 fully saturated rings. The minimum atomic E-state index is 0.139. The summed E-state index contributed by atoms with van der Waals surface area (Å²) in [5.41, 5.74) is 10.1. The van der Waals surface area contributed by atoms with Gasteiger partial charge in [0.15, 0.2) is 0 Å². The Morgan fingerprint density at radius 3 is 2.65 bits per heavy atom. The van der Waals surface area contributed by atoms with Crippen LogP contribution in [0.1, 0.15) is 31.2 Å². The van der Waals surface area contributed by atoms with Crippen LogP contribution >= 0.6 is 15.9 Å². The Kier molecular flexibility index (Phi) is 4.29. The predicted octanol–water partition coefficient (Wildman–Crippen LogP) is 4.26. The summed E-state index contributed by atoms with van der Waals surface area (Å²) < 4.78 is 0. The molecule has 5 heteroatoms. The lowest BCUT2D eigenvalue weighted by atomic mass is 9.81. The molecule has 0 N–H and O–H groups in total. The van der Waals surface area contributed by atoms with E-state index in [0.29, 0.717) is 16.9 Å². The van der Waals surface area contributed by atoms with Crippen molar-refractivity contribution in [2.45, 2.75) is 55.2 Å². The van der Waals surface area contributed by atoms with E-state index in [2.05, 4.69) is 61.2 Å². The molecule has 1 aromatic carbocycles. The maximum Gasteiger partial charge on any atom is 0.0530 e. The van der Waals surface area contributed by atoms with Gasteiger partial charge in [-0.15, -0.1) is 0 Å². The van der Waals surface area contributed by atoms with Gasteiger partial charge in [0, 0.05) is 28.4 Å². The zero-order chi connectivity index (χ0) is 13.9. The van der Waals surface area contributed by atoms with E-state index in [1.165, 1.54) is 12.0 Å². The van der Waals surface area contributed by atoms with Crippen LogP contribution in [0.15, 0.2) is 35.4 Å². The van der Waals surface area contributed by atoms with E-state index in [9.17, 15) is 0 Å². The first-order valence-electron chi connectivity index (χ1n) is 7.27. The maximum atomic E-state index is 8.77. The zero-order valence-electron chi connectivity index (χ0n) is 11.4. The molecule has 3 rings (SSSR count). The molecule has 4 nitrogen and oxygen atoms in total. The first-order chi connectivity index (χ1) is 9.79. The Morgan fingerprint density at radius 2 is 1.90 bits per heavy atom. The van der Waals surface area contributed by atoms with Gasteiger partial charge in [0.05, 0.1) is 6.04 Å². The van der Waals surface area contributed by atoms with Crippen LogP contribution in [0.5, 0.6) is 0 Å². The Morgan fingerprint density at radius 1 is 1.15 bits per heavy atom. The van der Waals surface area contributed by atoms with Crippen LogP contribution in [0, 0.1) is 0 Å². The summed E-state index contributed by atoms with van der Waals surface area (Å²) in [5.74, 6) is 0. The van der Waals surface area contributed by atoms with Crippen molar-refractivity contribution in [3.63, 3.8) is 0 Å². The standard InChI is InChI=1S/C15H19BrN4/c16-12-6-8-15-13(18-19-17)7-9-14(12)20(15)10-11-4-2-1-3-5-11/h1-5,12-15H,6-10H2/t12?,13?,14-,15-/m0/s1. The largest absolute Gasteiger partial charge is 0.292 e. The minimum Gasteiger partial charge on any atom is -0.292 e. The summed E-state index contributed by atoms with van der Waals surface area (Å²) in [6.07, 6.45) is 4.43. The lowest BCUT2D eigenvalue weighted by molar-refractivity contribution is 0.0257. The third kappa shape index (κ3) is 2.71. The number of azide groups is 1. The van der Waals surface area contributed by atoms with E-state index in [0.717, 1.165) is 25.8 Å². The van der Waals surface area contributed by atoms with E-state index in [1.807, 2.05) is 0 Å². The average molecular weight is 335 g/mol. The summed E-state index contributed by atoms with van der Waals surface area (Å²) in [6, 6.07) is 11.7. The second-order valence-corrected chi connectivity index (χ2v) is 6.91. The molecular formula is C15H19BrN4. The van der Waals surface area contributed by atoms with Crippen molar-refractivity contribution in [2.75, 3.05) is 0 Å². The molecule has 2 aliphatic heterocycles. The molecule has 0 radical (unpaired) electrons. The summed E-state index contributed by atoms with van der Waals surface area (Å²) >= 11 is 3.84. The summed E-state index contributed by atoms with van der Waals surface area (Å²) in [4.78, 5) is 6.17. The van der Waals surface area contributed by atoms with Gasteiger partial charge in [0.1, 0.15) is 0 Å². The highest BCUT2D eigenvalue weighted by Crippen LogP contribution is 2.39. The number of rotatable bonds is 3. The summed E-state index contributed by atoms with van der Waals surface area (Å²) in [7, 11) is 0. The number of hydrogen-bond acceptors (Lipinski definition) is 2. The van der Waals surface area contributed by atoms with Crippen molar-refractivity contribution < 1.29 is 0 Å². The van der Waals surface area contributed by atoms with E-state index < -0.39 is 0 Å². The van der Waals surface area contributed by atoms with E-state index in [1.54, 1.807) is 0 Å². The third-order valence-corrected chi connectivity index (χ3v) is 5.69. The third-order valence-electron chi connectivity index (χ3n) is 4.62. The molecule has 106 valence electrons. The predicted molar refractivity (Wildman–Crippen MR) is 83.7 cm³/mol. The monoisotopic (exact) mass is 334 g/mol. The highest BCUT2D eigenvalue weighted by molar-refractivity contribution is 9.09. The average Bonchev–Trinajstić information content (AvgIpc) is 2.46. The lowest BCUT2D eigenvalue weighted by Crippen LogP contribution is -2.58. The Labute approximate surface area is 127 Å². The fourth-order valence-corrected chi connectivity index (χ4v) is 4.50.